The summed E-state index contributed by atoms with van der Waals surface area (Å²) >= 11 is 0. The van der Waals surface area contributed by atoms with E-state index in [0.717, 1.165) is 61.8 Å². The van der Waals surface area contributed by atoms with E-state index in [2.05, 4.69) is 37.6 Å². The first-order chi connectivity index (χ1) is 13.7. The average Bonchev–Trinajstić information content (AvgIpc) is 3.29. The number of aromatic nitrogens is 4. The maximum Gasteiger partial charge on any atom is 0.123 e. The molecular weight excluding hydrogens is 350 g/mol. The van der Waals surface area contributed by atoms with E-state index in [1.165, 1.54) is 18.5 Å². The van der Waals surface area contributed by atoms with Gasteiger partial charge in [0, 0.05) is 44.5 Å². The van der Waals surface area contributed by atoms with E-state index in [0.29, 0.717) is 0 Å². The van der Waals surface area contributed by atoms with Crippen molar-refractivity contribution >= 4 is 0 Å². The smallest absolute Gasteiger partial charge is 0.123 e. The van der Waals surface area contributed by atoms with Crippen molar-refractivity contribution in [1.29, 1.82) is 0 Å². The molecule has 2 aromatic heterocycles. The molecule has 4 rings (SSSR count). The van der Waals surface area contributed by atoms with Gasteiger partial charge in [-0.2, -0.15) is 5.10 Å². The van der Waals surface area contributed by atoms with Crippen molar-refractivity contribution in [2.45, 2.75) is 58.3 Å². The Morgan fingerprint density at radius 2 is 2.07 bits per heavy atom. The van der Waals surface area contributed by atoms with Crippen molar-refractivity contribution in [3.05, 3.63) is 71.1 Å². The molecule has 6 heteroatoms. The number of aromatic amines is 1. The summed E-state index contributed by atoms with van der Waals surface area (Å²) in [6.07, 6.45) is 5.71. The van der Waals surface area contributed by atoms with E-state index >= 15 is 0 Å². The van der Waals surface area contributed by atoms with Crippen LogP contribution in [0.3, 0.4) is 0 Å². The summed E-state index contributed by atoms with van der Waals surface area (Å²) in [5.74, 6) is 1.09. The lowest BCUT2D eigenvalue weighted by atomic mass is 10.1. The number of rotatable bonds is 7. The van der Waals surface area contributed by atoms with Crippen molar-refractivity contribution in [1.82, 2.24) is 24.6 Å². The van der Waals surface area contributed by atoms with Crippen LogP contribution in [0, 0.1) is 0 Å². The molecule has 0 aliphatic carbocycles. The third kappa shape index (κ3) is 4.34. The molecule has 0 spiro atoms. The molecule has 0 fully saturated rings. The van der Waals surface area contributed by atoms with Crippen LogP contribution in [-0.4, -0.2) is 36.3 Å². The van der Waals surface area contributed by atoms with Gasteiger partial charge in [0.2, 0.25) is 0 Å². The fraction of sp³-hybridized carbons (Fsp3) is 0.455. The number of imidazole rings is 1. The van der Waals surface area contributed by atoms with Crippen LogP contribution in [0.5, 0.6) is 0 Å². The molecule has 3 heterocycles. The highest BCUT2D eigenvalue weighted by molar-refractivity contribution is 5.26. The molecular formula is C22H29N5O. The summed E-state index contributed by atoms with van der Waals surface area (Å²) in [6, 6.07) is 11.8. The molecule has 0 bridgehead atoms. The van der Waals surface area contributed by atoms with Gasteiger partial charge < -0.3 is 10.1 Å². The Labute approximate surface area is 166 Å². The van der Waals surface area contributed by atoms with Gasteiger partial charge in [-0.25, -0.2) is 4.98 Å². The molecule has 1 aliphatic rings. The Morgan fingerprint density at radius 1 is 1.21 bits per heavy atom. The highest BCUT2D eigenvalue weighted by Gasteiger charge is 2.21. The van der Waals surface area contributed by atoms with Gasteiger partial charge in [-0.15, -0.1) is 0 Å². The van der Waals surface area contributed by atoms with Gasteiger partial charge in [0.15, 0.2) is 0 Å². The number of aryl methyl sites for hydroxylation is 2. The van der Waals surface area contributed by atoms with Crippen LogP contribution in [0.1, 0.15) is 60.8 Å². The molecule has 1 atom stereocenters. The number of nitrogens with one attached hydrogen (secondary N) is 1. The summed E-state index contributed by atoms with van der Waals surface area (Å²) in [5.41, 5.74) is 3.94. The SMILES string of the molecule is CCCCc1ncc(CN2CCCn3nc(C(O)c4ccccc4)cc3C2)[nH]1. The van der Waals surface area contributed by atoms with Gasteiger partial charge in [0.25, 0.3) is 0 Å². The molecule has 148 valence electrons. The molecule has 28 heavy (non-hydrogen) atoms. The quantitative estimate of drug-likeness (QED) is 0.660. The van der Waals surface area contributed by atoms with Crippen molar-refractivity contribution in [3.8, 4) is 0 Å². The van der Waals surface area contributed by atoms with Gasteiger partial charge in [-0.3, -0.25) is 9.58 Å². The highest BCUT2D eigenvalue weighted by Crippen LogP contribution is 2.24. The fourth-order valence-electron chi connectivity index (χ4n) is 3.82. The predicted molar refractivity (Wildman–Crippen MR) is 109 cm³/mol. The topological polar surface area (TPSA) is 70.0 Å². The first kappa shape index (κ1) is 18.9. The third-order valence-corrected chi connectivity index (χ3v) is 5.35. The molecule has 0 radical (unpaired) electrons. The van der Waals surface area contributed by atoms with Crippen LogP contribution in [0.15, 0.2) is 42.6 Å². The molecule has 2 N–H and O–H groups in total. The largest absolute Gasteiger partial charge is 0.382 e. The van der Waals surface area contributed by atoms with Crippen LogP contribution >= 0.6 is 0 Å². The Bertz CT molecular complexity index is 885. The zero-order chi connectivity index (χ0) is 19.3. The van der Waals surface area contributed by atoms with Crippen molar-refractivity contribution in [3.63, 3.8) is 0 Å². The first-order valence-electron chi connectivity index (χ1n) is 10.3. The maximum atomic E-state index is 10.7. The molecule has 1 aromatic carbocycles. The van der Waals surface area contributed by atoms with E-state index in [9.17, 15) is 5.11 Å². The van der Waals surface area contributed by atoms with Crippen molar-refractivity contribution < 1.29 is 5.11 Å². The zero-order valence-electron chi connectivity index (χ0n) is 16.5. The summed E-state index contributed by atoms with van der Waals surface area (Å²) in [4.78, 5) is 10.4. The van der Waals surface area contributed by atoms with Gasteiger partial charge >= 0.3 is 0 Å². The van der Waals surface area contributed by atoms with Crippen LogP contribution in [0.4, 0.5) is 0 Å². The van der Waals surface area contributed by atoms with Crippen LogP contribution in [-0.2, 0) is 26.1 Å². The third-order valence-electron chi connectivity index (χ3n) is 5.35. The lowest BCUT2D eigenvalue weighted by Crippen LogP contribution is -2.23. The molecule has 6 nitrogen and oxygen atoms in total. The Kier molecular flexibility index (Phi) is 5.88. The second-order valence-electron chi connectivity index (χ2n) is 7.62. The van der Waals surface area contributed by atoms with Gasteiger partial charge in [-0.05, 0) is 24.5 Å². The first-order valence-corrected chi connectivity index (χ1v) is 10.3. The summed E-state index contributed by atoms with van der Waals surface area (Å²) in [6.45, 7) is 5.81. The summed E-state index contributed by atoms with van der Waals surface area (Å²) in [5, 5.41) is 15.4. The van der Waals surface area contributed by atoms with E-state index < -0.39 is 6.10 Å². The number of aliphatic hydroxyl groups excluding tert-OH is 1. The standard InChI is InChI=1S/C22H29N5O/c1-2-3-10-21-23-14-18(24-21)15-26-11-7-12-27-19(16-26)13-20(25-27)22(28)17-8-5-4-6-9-17/h4-6,8-9,13-14,22,28H,2-3,7,10-12,15-16H2,1H3,(H,23,24). The zero-order valence-corrected chi connectivity index (χ0v) is 16.5. The molecule has 3 aromatic rings. The van der Waals surface area contributed by atoms with Crippen LogP contribution < -0.4 is 0 Å². The molecule has 0 saturated carbocycles. The molecule has 1 aliphatic heterocycles. The van der Waals surface area contributed by atoms with E-state index in [1.807, 2.05) is 36.5 Å². The summed E-state index contributed by atoms with van der Waals surface area (Å²) < 4.78 is 2.06. The lowest BCUT2D eigenvalue weighted by molar-refractivity contribution is 0.213. The number of hydrogen-bond acceptors (Lipinski definition) is 4. The van der Waals surface area contributed by atoms with E-state index in [4.69, 9.17) is 0 Å². The molecule has 0 amide bonds. The maximum absolute atomic E-state index is 10.7. The monoisotopic (exact) mass is 379 g/mol. The average molecular weight is 380 g/mol. The second-order valence-corrected chi connectivity index (χ2v) is 7.62. The molecule has 0 saturated heterocycles. The minimum atomic E-state index is -0.678. The number of H-pyrrole nitrogens is 1. The van der Waals surface area contributed by atoms with Gasteiger partial charge in [0.05, 0.1) is 11.4 Å². The number of fused-ring (bicyclic) bond motifs is 1. The van der Waals surface area contributed by atoms with Gasteiger partial charge in [-0.1, -0.05) is 43.7 Å². The Hall–Kier alpha value is -2.44. The minimum Gasteiger partial charge on any atom is -0.382 e. The summed E-state index contributed by atoms with van der Waals surface area (Å²) in [7, 11) is 0. The normalized spacial score (nSPS) is 15.9. The lowest BCUT2D eigenvalue weighted by Gasteiger charge is -2.18. The number of aliphatic hydroxyl groups is 1. The van der Waals surface area contributed by atoms with E-state index in [-0.39, 0.29) is 0 Å². The van der Waals surface area contributed by atoms with Crippen LogP contribution in [0.25, 0.3) is 0 Å². The molecule has 1 unspecified atom stereocenters. The van der Waals surface area contributed by atoms with Crippen molar-refractivity contribution in [2.75, 3.05) is 6.54 Å². The van der Waals surface area contributed by atoms with Gasteiger partial charge in [0.1, 0.15) is 11.9 Å². The Morgan fingerprint density at radius 3 is 2.89 bits per heavy atom. The number of benzene rings is 1. The van der Waals surface area contributed by atoms with Crippen molar-refractivity contribution in [2.24, 2.45) is 0 Å². The fourth-order valence-corrected chi connectivity index (χ4v) is 3.82. The Balaban J connectivity index is 1.44. The van der Waals surface area contributed by atoms with E-state index in [1.54, 1.807) is 0 Å². The second kappa shape index (κ2) is 8.71. The number of hydrogen-bond donors (Lipinski definition) is 2. The number of nitrogens with zero attached hydrogens (tertiary/aromatic N) is 4. The highest BCUT2D eigenvalue weighted by atomic mass is 16.3. The predicted octanol–water partition coefficient (Wildman–Crippen LogP) is 3.44. The number of unbranched alkanes of at least 4 members (excludes halogenated alkanes) is 1. The minimum absolute atomic E-state index is 0.678. The van der Waals surface area contributed by atoms with Crippen LogP contribution in [0.2, 0.25) is 0 Å².